The topological polar surface area (TPSA) is 48.7 Å². The molecule has 1 N–H and O–H groups in total. The fourth-order valence-corrected chi connectivity index (χ4v) is 1.74. The van der Waals surface area contributed by atoms with Crippen LogP contribution in [0.2, 0.25) is 0 Å². The van der Waals surface area contributed by atoms with Crippen LogP contribution in [0.25, 0.3) is 0 Å². The quantitative estimate of drug-likeness (QED) is 0.693. The molecule has 0 aliphatic carbocycles. The Hall–Kier alpha value is -1.56. The third-order valence-electron chi connectivity index (χ3n) is 2.73. The molecule has 1 heterocycles. The third kappa shape index (κ3) is 5.91. The van der Waals surface area contributed by atoms with Gasteiger partial charge in [0, 0.05) is 18.4 Å². The van der Waals surface area contributed by atoms with E-state index < -0.39 is 0 Å². The number of unbranched alkanes of at least 4 members (excludes halogenated alkanes) is 5. The maximum Gasteiger partial charge on any atom is 0.142 e. The number of anilines is 1. The van der Waals surface area contributed by atoms with E-state index >= 15 is 0 Å². The normalized spacial score (nSPS) is 9.88. The van der Waals surface area contributed by atoms with E-state index in [1.165, 1.54) is 38.5 Å². The largest absolute Gasteiger partial charge is 0.385 e. The van der Waals surface area contributed by atoms with Crippen molar-refractivity contribution in [2.75, 3.05) is 11.9 Å². The Labute approximate surface area is 104 Å². The molecule has 0 aliphatic rings. The molecule has 0 atom stereocenters. The zero-order valence-electron chi connectivity index (χ0n) is 10.6. The van der Waals surface area contributed by atoms with Crippen LogP contribution in [0.3, 0.4) is 0 Å². The Bertz CT molecular complexity index is 355. The molecule has 3 nitrogen and oxygen atoms in total. The van der Waals surface area contributed by atoms with Crippen molar-refractivity contribution in [1.82, 2.24) is 4.98 Å². The predicted octanol–water partition coefficient (Wildman–Crippen LogP) is 3.73. The molecule has 0 aromatic carbocycles. The maximum atomic E-state index is 8.71. The molecule has 3 heteroatoms. The van der Waals surface area contributed by atoms with Crippen LogP contribution < -0.4 is 5.32 Å². The molecule has 0 fully saturated rings. The summed E-state index contributed by atoms with van der Waals surface area (Å²) in [6, 6.07) is 5.73. The number of nitrogens with zero attached hydrogens (tertiary/aromatic N) is 2. The molecule has 0 aliphatic heterocycles. The van der Waals surface area contributed by atoms with Crippen LogP contribution >= 0.6 is 0 Å². The van der Waals surface area contributed by atoms with E-state index in [2.05, 4.69) is 17.2 Å². The Morgan fingerprint density at radius 2 is 2.00 bits per heavy atom. The first kappa shape index (κ1) is 13.5. The van der Waals surface area contributed by atoms with E-state index in [0.717, 1.165) is 12.2 Å². The lowest BCUT2D eigenvalue weighted by atomic mass is 10.1. The van der Waals surface area contributed by atoms with Crippen molar-refractivity contribution in [3.8, 4) is 6.07 Å². The van der Waals surface area contributed by atoms with Gasteiger partial charge in [-0.1, -0.05) is 39.0 Å². The van der Waals surface area contributed by atoms with Crippen molar-refractivity contribution < 1.29 is 0 Å². The predicted molar refractivity (Wildman–Crippen MR) is 70.8 cm³/mol. The lowest BCUT2D eigenvalue weighted by Gasteiger charge is -2.05. The third-order valence-corrected chi connectivity index (χ3v) is 2.73. The van der Waals surface area contributed by atoms with Crippen molar-refractivity contribution in [3.05, 3.63) is 24.0 Å². The van der Waals surface area contributed by atoms with Gasteiger partial charge in [-0.25, -0.2) is 4.98 Å². The number of nitriles is 1. The molecule has 0 unspecified atom stereocenters. The van der Waals surface area contributed by atoms with Crippen LogP contribution in [0.1, 0.15) is 51.1 Å². The van der Waals surface area contributed by atoms with Gasteiger partial charge in [-0.3, -0.25) is 0 Å². The number of nitrogens with one attached hydrogen (secondary N) is 1. The van der Waals surface area contributed by atoms with Gasteiger partial charge < -0.3 is 5.32 Å². The molecule has 1 rings (SSSR count). The minimum atomic E-state index is 0.470. The average Bonchev–Trinajstić information content (AvgIpc) is 2.38. The fraction of sp³-hybridized carbons (Fsp3) is 0.571. The van der Waals surface area contributed by atoms with Gasteiger partial charge in [-0.15, -0.1) is 0 Å². The summed E-state index contributed by atoms with van der Waals surface area (Å²) in [5.41, 5.74) is 1.46. The highest BCUT2D eigenvalue weighted by atomic mass is 14.9. The van der Waals surface area contributed by atoms with Gasteiger partial charge in [0.1, 0.15) is 11.8 Å². The standard InChI is InChI=1S/C14H21N3/c1-2-3-4-5-6-7-9-16-13-8-10-17-14(11-13)12-15/h8,10-11H,2-7,9H2,1H3,(H,16,17). The van der Waals surface area contributed by atoms with Gasteiger partial charge in [0.15, 0.2) is 0 Å². The summed E-state index contributed by atoms with van der Waals surface area (Å²) in [6.07, 6.45) is 9.47. The smallest absolute Gasteiger partial charge is 0.142 e. The van der Waals surface area contributed by atoms with Crippen molar-refractivity contribution in [2.24, 2.45) is 0 Å². The van der Waals surface area contributed by atoms with Crippen LogP contribution in [0.15, 0.2) is 18.3 Å². The first-order chi connectivity index (χ1) is 8.36. The second-order valence-corrected chi connectivity index (χ2v) is 4.24. The second kappa shape index (κ2) is 8.58. The Morgan fingerprint density at radius 3 is 2.76 bits per heavy atom. The molecule has 0 bridgehead atoms. The zero-order valence-corrected chi connectivity index (χ0v) is 10.6. The summed E-state index contributed by atoms with van der Waals surface area (Å²) in [4.78, 5) is 3.93. The van der Waals surface area contributed by atoms with Crippen LogP contribution in [0.5, 0.6) is 0 Å². The summed E-state index contributed by atoms with van der Waals surface area (Å²) < 4.78 is 0. The lowest BCUT2D eigenvalue weighted by Crippen LogP contribution is -2.01. The minimum Gasteiger partial charge on any atom is -0.385 e. The number of hydrogen-bond acceptors (Lipinski definition) is 3. The molecule has 92 valence electrons. The minimum absolute atomic E-state index is 0.470. The van der Waals surface area contributed by atoms with Gasteiger partial charge in [0.25, 0.3) is 0 Å². The lowest BCUT2D eigenvalue weighted by molar-refractivity contribution is 0.617. The Kier molecular flexibility index (Phi) is 6.81. The van der Waals surface area contributed by atoms with E-state index in [1.54, 1.807) is 12.3 Å². The zero-order chi connectivity index (χ0) is 12.3. The van der Waals surface area contributed by atoms with Crippen LogP contribution in [-0.2, 0) is 0 Å². The highest BCUT2D eigenvalue weighted by Gasteiger charge is 1.95. The average molecular weight is 231 g/mol. The van der Waals surface area contributed by atoms with Crippen LogP contribution in [-0.4, -0.2) is 11.5 Å². The Morgan fingerprint density at radius 1 is 1.24 bits per heavy atom. The SMILES string of the molecule is CCCCCCCCNc1ccnc(C#N)c1. The number of aromatic nitrogens is 1. The molecule has 0 saturated carbocycles. The van der Waals surface area contributed by atoms with E-state index in [0.29, 0.717) is 5.69 Å². The van der Waals surface area contributed by atoms with Crippen LogP contribution in [0.4, 0.5) is 5.69 Å². The van der Waals surface area contributed by atoms with Gasteiger partial charge in [-0.05, 0) is 18.6 Å². The second-order valence-electron chi connectivity index (χ2n) is 4.24. The van der Waals surface area contributed by atoms with Crippen molar-refractivity contribution in [3.63, 3.8) is 0 Å². The summed E-state index contributed by atoms with van der Waals surface area (Å²) in [5, 5.41) is 12.0. The highest BCUT2D eigenvalue weighted by molar-refractivity contribution is 5.45. The Balaban J connectivity index is 2.12. The monoisotopic (exact) mass is 231 g/mol. The van der Waals surface area contributed by atoms with E-state index in [4.69, 9.17) is 5.26 Å². The number of pyridine rings is 1. The first-order valence-corrected chi connectivity index (χ1v) is 6.47. The van der Waals surface area contributed by atoms with Gasteiger partial charge >= 0.3 is 0 Å². The first-order valence-electron chi connectivity index (χ1n) is 6.47. The van der Waals surface area contributed by atoms with Gasteiger partial charge in [0.2, 0.25) is 0 Å². The molecule has 17 heavy (non-hydrogen) atoms. The highest BCUT2D eigenvalue weighted by Crippen LogP contribution is 2.09. The molecule has 1 aromatic rings. The van der Waals surface area contributed by atoms with Crippen molar-refractivity contribution in [2.45, 2.75) is 45.4 Å². The molecule has 0 spiro atoms. The molecule has 0 radical (unpaired) electrons. The summed E-state index contributed by atoms with van der Waals surface area (Å²) in [6.45, 7) is 3.21. The fourth-order valence-electron chi connectivity index (χ4n) is 1.74. The number of rotatable bonds is 8. The maximum absolute atomic E-state index is 8.71. The summed E-state index contributed by atoms with van der Waals surface area (Å²) in [5.74, 6) is 0. The van der Waals surface area contributed by atoms with E-state index in [1.807, 2.05) is 12.1 Å². The summed E-state index contributed by atoms with van der Waals surface area (Å²) >= 11 is 0. The van der Waals surface area contributed by atoms with Crippen LogP contribution in [0, 0.1) is 11.3 Å². The molecular formula is C14H21N3. The van der Waals surface area contributed by atoms with E-state index in [-0.39, 0.29) is 0 Å². The molecule has 0 saturated heterocycles. The molecule has 1 aromatic heterocycles. The number of hydrogen-bond donors (Lipinski definition) is 1. The van der Waals surface area contributed by atoms with Gasteiger partial charge in [0.05, 0.1) is 0 Å². The van der Waals surface area contributed by atoms with Gasteiger partial charge in [-0.2, -0.15) is 5.26 Å². The van der Waals surface area contributed by atoms with Crippen molar-refractivity contribution in [1.29, 1.82) is 5.26 Å². The van der Waals surface area contributed by atoms with Crippen molar-refractivity contribution >= 4 is 5.69 Å². The molecule has 0 amide bonds. The summed E-state index contributed by atoms with van der Waals surface area (Å²) in [7, 11) is 0. The van der Waals surface area contributed by atoms with E-state index in [9.17, 15) is 0 Å². The molecular weight excluding hydrogens is 210 g/mol.